The first-order valence-corrected chi connectivity index (χ1v) is 16.5. The van der Waals surface area contributed by atoms with Gasteiger partial charge in [0, 0.05) is 37.8 Å². The number of benzene rings is 2. The number of anilines is 1. The Morgan fingerprint density at radius 3 is 2.49 bits per heavy atom. The lowest BCUT2D eigenvalue weighted by atomic mass is 10.0. The fourth-order valence-electron chi connectivity index (χ4n) is 5.10. The fourth-order valence-corrected chi connectivity index (χ4v) is 5.65. The molecule has 4 atom stereocenters. The van der Waals surface area contributed by atoms with Crippen LogP contribution < -0.4 is 9.46 Å². The Morgan fingerprint density at radius 1 is 1.16 bits per heavy atom. The van der Waals surface area contributed by atoms with Crippen LogP contribution in [-0.4, -0.2) is 98.2 Å². The highest BCUT2D eigenvalue weighted by Crippen LogP contribution is 2.29. The number of ether oxygens (including phenoxy) is 2. The third kappa shape index (κ3) is 10.5. The number of fused-ring (bicyclic) bond motifs is 1. The summed E-state index contributed by atoms with van der Waals surface area (Å²) in [6.07, 6.45) is 3.04. The summed E-state index contributed by atoms with van der Waals surface area (Å²) in [7, 11) is -1.61. The lowest BCUT2D eigenvalue weighted by molar-refractivity contribution is -0.0177. The number of carboxylic acids is 1. The van der Waals surface area contributed by atoms with Crippen molar-refractivity contribution in [2.75, 3.05) is 44.3 Å². The number of likely N-dealkylation sites (N-methyl/N-ethyl adjacent to an activating group) is 1. The van der Waals surface area contributed by atoms with Gasteiger partial charge in [0.1, 0.15) is 5.75 Å². The molecule has 0 unspecified atom stereocenters. The summed E-state index contributed by atoms with van der Waals surface area (Å²) in [5.41, 5.74) is 1.66. The van der Waals surface area contributed by atoms with Gasteiger partial charge in [-0.15, -0.1) is 0 Å². The number of carbonyl (C=O) groups excluding carboxylic acids is 1. The predicted octanol–water partition coefficient (Wildman–Crippen LogP) is 3.68. The Kier molecular flexibility index (Phi) is 12.4. The molecule has 3 N–H and O–H groups in total. The highest BCUT2D eigenvalue weighted by atomic mass is 32.2. The number of amides is 1. The minimum Gasteiger partial charge on any atom is -0.490 e. The Morgan fingerprint density at radius 2 is 1.86 bits per heavy atom. The molecule has 0 saturated carbocycles. The van der Waals surface area contributed by atoms with Crippen LogP contribution >= 0.6 is 0 Å². The number of aliphatic hydroxyl groups is 1. The van der Waals surface area contributed by atoms with Gasteiger partial charge in [0.2, 0.25) is 10.0 Å². The number of carboxylic acid groups (broad SMARTS) is 1. The molecule has 0 aliphatic carbocycles. The summed E-state index contributed by atoms with van der Waals surface area (Å²) >= 11 is 0. The molecule has 1 heterocycles. The van der Waals surface area contributed by atoms with Crippen LogP contribution in [0.3, 0.4) is 0 Å². The standard InChI is InChI=1S/C31H45N3O8S/c1-21-17-34(22(2)20-35)30(36)27-16-26(32-43(5,39)40)13-14-28(27)42-23(3)8-6-7-15-41-29(21)19-33(4)18-24-9-11-25(12-10-24)31(37)38/h9-14,16,21-23,29,32,35H,6-8,15,17-20H2,1-5H3,(H,37,38)/t21-,22-,23-,29-/m1/s1. The van der Waals surface area contributed by atoms with Crippen molar-refractivity contribution >= 4 is 27.6 Å². The number of sulfonamides is 1. The zero-order valence-electron chi connectivity index (χ0n) is 25.7. The quantitative estimate of drug-likeness (QED) is 0.383. The van der Waals surface area contributed by atoms with Crippen molar-refractivity contribution in [3.8, 4) is 5.75 Å². The van der Waals surface area contributed by atoms with Crippen molar-refractivity contribution in [1.82, 2.24) is 9.80 Å². The van der Waals surface area contributed by atoms with Gasteiger partial charge >= 0.3 is 5.97 Å². The molecule has 0 bridgehead atoms. The second kappa shape index (κ2) is 15.5. The summed E-state index contributed by atoms with van der Waals surface area (Å²) in [6, 6.07) is 10.9. The molecule has 0 radical (unpaired) electrons. The summed E-state index contributed by atoms with van der Waals surface area (Å²) < 4.78 is 38.8. The molecule has 2 aromatic rings. The molecule has 12 heteroatoms. The van der Waals surface area contributed by atoms with Gasteiger partial charge in [-0.05, 0) is 76.1 Å². The normalized spacial score (nSPS) is 21.4. The third-order valence-corrected chi connectivity index (χ3v) is 8.11. The second-order valence-electron chi connectivity index (χ2n) is 11.6. The van der Waals surface area contributed by atoms with Gasteiger partial charge < -0.3 is 24.6 Å². The minimum absolute atomic E-state index is 0.127. The van der Waals surface area contributed by atoms with Crippen LogP contribution in [0.5, 0.6) is 5.75 Å². The van der Waals surface area contributed by atoms with Crippen LogP contribution in [0.25, 0.3) is 0 Å². The molecular weight excluding hydrogens is 574 g/mol. The Labute approximate surface area is 254 Å². The van der Waals surface area contributed by atoms with E-state index in [1.807, 2.05) is 20.9 Å². The topological polar surface area (TPSA) is 146 Å². The van der Waals surface area contributed by atoms with E-state index in [1.54, 1.807) is 48.2 Å². The predicted molar refractivity (Wildman–Crippen MR) is 165 cm³/mol. The first kappa shape index (κ1) is 34.3. The van der Waals surface area contributed by atoms with E-state index in [-0.39, 0.29) is 54.0 Å². The monoisotopic (exact) mass is 619 g/mol. The molecule has 1 aliphatic heterocycles. The van der Waals surface area contributed by atoms with Crippen molar-refractivity contribution in [3.05, 3.63) is 59.2 Å². The van der Waals surface area contributed by atoms with E-state index in [2.05, 4.69) is 9.62 Å². The molecule has 3 rings (SSSR count). The molecule has 238 valence electrons. The molecule has 43 heavy (non-hydrogen) atoms. The maximum Gasteiger partial charge on any atom is 0.335 e. The zero-order chi connectivity index (χ0) is 31.7. The summed E-state index contributed by atoms with van der Waals surface area (Å²) in [4.78, 5) is 29.0. The number of rotatable bonds is 9. The summed E-state index contributed by atoms with van der Waals surface area (Å²) in [5, 5.41) is 19.3. The number of aliphatic hydroxyl groups excluding tert-OH is 1. The van der Waals surface area contributed by atoms with E-state index < -0.39 is 22.0 Å². The van der Waals surface area contributed by atoms with E-state index in [0.29, 0.717) is 25.4 Å². The van der Waals surface area contributed by atoms with Gasteiger partial charge in [0.05, 0.1) is 42.2 Å². The highest BCUT2D eigenvalue weighted by molar-refractivity contribution is 7.92. The molecule has 0 aromatic heterocycles. The average molecular weight is 620 g/mol. The van der Waals surface area contributed by atoms with Gasteiger partial charge in [-0.2, -0.15) is 0 Å². The minimum atomic E-state index is -3.57. The summed E-state index contributed by atoms with van der Waals surface area (Å²) in [5.74, 6) is -1.11. The lowest BCUT2D eigenvalue weighted by Crippen LogP contribution is -2.47. The maximum atomic E-state index is 14.1. The number of carbonyl (C=O) groups is 2. The lowest BCUT2D eigenvalue weighted by Gasteiger charge is -2.36. The van der Waals surface area contributed by atoms with E-state index in [1.165, 1.54) is 6.07 Å². The number of hydrogen-bond donors (Lipinski definition) is 3. The van der Waals surface area contributed by atoms with E-state index in [0.717, 1.165) is 31.1 Å². The van der Waals surface area contributed by atoms with Crippen molar-refractivity contribution < 1.29 is 37.7 Å². The number of hydrogen-bond acceptors (Lipinski definition) is 8. The molecule has 1 aliphatic rings. The molecule has 0 saturated heterocycles. The molecule has 1 amide bonds. The SMILES string of the molecule is C[C@@H]1CCCCO[C@H](CN(C)Cc2ccc(C(=O)O)cc2)[C@H](C)CN([C@H](C)CO)C(=O)c2cc(NS(C)(=O)=O)ccc2O1. The van der Waals surface area contributed by atoms with Crippen molar-refractivity contribution in [2.45, 2.75) is 64.8 Å². The zero-order valence-corrected chi connectivity index (χ0v) is 26.5. The highest BCUT2D eigenvalue weighted by Gasteiger charge is 2.30. The Hall–Kier alpha value is -3.19. The second-order valence-corrected chi connectivity index (χ2v) is 13.3. The number of nitrogens with zero attached hydrogens (tertiary/aromatic N) is 2. The van der Waals surface area contributed by atoms with Crippen LogP contribution in [0.2, 0.25) is 0 Å². The van der Waals surface area contributed by atoms with E-state index in [9.17, 15) is 28.2 Å². The Balaban J connectivity index is 1.89. The molecule has 11 nitrogen and oxygen atoms in total. The largest absolute Gasteiger partial charge is 0.490 e. The van der Waals surface area contributed by atoms with E-state index >= 15 is 0 Å². The average Bonchev–Trinajstić information content (AvgIpc) is 2.94. The summed E-state index contributed by atoms with van der Waals surface area (Å²) in [6.45, 7) is 7.42. The molecule has 2 aromatic carbocycles. The third-order valence-electron chi connectivity index (χ3n) is 7.50. The molecule has 0 fully saturated rings. The van der Waals surface area contributed by atoms with Crippen molar-refractivity contribution in [1.29, 1.82) is 0 Å². The van der Waals surface area contributed by atoms with Crippen LogP contribution in [0, 0.1) is 5.92 Å². The van der Waals surface area contributed by atoms with Crippen molar-refractivity contribution in [2.24, 2.45) is 5.92 Å². The van der Waals surface area contributed by atoms with Gasteiger partial charge in [-0.25, -0.2) is 13.2 Å². The number of aromatic carboxylic acids is 1. The molecular formula is C31H45N3O8S. The first-order chi connectivity index (χ1) is 20.3. The van der Waals surface area contributed by atoms with Gasteiger partial charge in [-0.3, -0.25) is 14.4 Å². The maximum absolute atomic E-state index is 14.1. The smallest absolute Gasteiger partial charge is 0.335 e. The van der Waals surface area contributed by atoms with Crippen molar-refractivity contribution in [3.63, 3.8) is 0 Å². The van der Waals surface area contributed by atoms with Gasteiger partial charge in [0.25, 0.3) is 5.91 Å². The van der Waals surface area contributed by atoms with Gasteiger partial charge in [0.15, 0.2) is 0 Å². The Bertz CT molecular complexity index is 1340. The molecule has 0 spiro atoms. The van der Waals surface area contributed by atoms with Crippen LogP contribution in [0.15, 0.2) is 42.5 Å². The van der Waals surface area contributed by atoms with Crippen LogP contribution in [-0.2, 0) is 21.3 Å². The number of nitrogens with one attached hydrogen (secondary N) is 1. The fraction of sp³-hybridized carbons (Fsp3) is 0.548. The van der Waals surface area contributed by atoms with Crippen LogP contribution in [0.1, 0.15) is 66.3 Å². The van der Waals surface area contributed by atoms with Gasteiger partial charge in [-0.1, -0.05) is 19.1 Å². The first-order valence-electron chi connectivity index (χ1n) is 14.6. The van der Waals surface area contributed by atoms with E-state index in [4.69, 9.17) is 9.47 Å². The van der Waals surface area contributed by atoms with Crippen LogP contribution in [0.4, 0.5) is 5.69 Å².